The standard InChI is InChI=1S/C23H29N3O3/c1-5-10-26-22(15-6-8-16(29-4)9-7-15)19-20(24-25-21(19)23(26)28)18-14(3)11-13(2)12-17(18)27/h6-9,11-12,19-22,24-25,27H,5,10H2,1-4H3. The van der Waals surface area contributed by atoms with Gasteiger partial charge in [-0.1, -0.05) is 25.1 Å². The Morgan fingerprint density at radius 2 is 1.79 bits per heavy atom. The zero-order valence-corrected chi connectivity index (χ0v) is 17.4. The largest absolute Gasteiger partial charge is 0.508 e. The normalized spacial score (nSPS) is 26.1. The lowest BCUT2D eigenvalue weighted by Gasteiger charge is -2.32. The maximum absolute atomic E-state index is 13.2. The van der Waals surface area contributed by atoms with Crippen molar-refractivity contribution < 1.29 is 14.6 Å². The molecule has 2 aliphatic heterocycles. The van der Waals surface area contributed by atoms with Crippen LogP contribution in [0.25, 0.3) is 0 Å². The Bertz CT molecular complexity index is 889. The van der Waals surface area contributed by atoms with E-state index in [9.17, 15) is 9.90 Å². The minimum Gasteiger partial charge on any atom is -0.508 e. The summed E-state index contributed by atoms with van der Waals surface area (Å²) >= 11 is 0. The first-order valence-corrected chi connectivity index (χ1v) is 10.2. The van der Waals surface area contributed by atoms with Crippen LogP contribution in [0.2, 0.25) is 0 Å². The quantitative estimate of drug-likeness (QED) is 0.725. The molecule has 2 aromatic carbocycles. The number of aromatic hydroxyl groups is 1. The monoisotopic (exact) mass is 395 g/mol. The molecule has 2 fully saturated rings. The molecule has 0 bridgehead atoms. The SMILES string of the molecule is CCCN1C(=O)C2NNC(c3c(C)cc(C)cc3O)C2C1c1ccc(OC)cc1. The summed E-state index contributed by atoms with van der Waals surface area (Å²) < 4.78 is 5.31. The number of phenols is 1. The molecule has 4 atom stereocenters. The van der Waals surface area contributed by atoms with Gasteiger partial charge in [0, 0.05) is 18.0 Å². The highest BCUT2D eigenvalue weighted by molar-refractivity contribution is 5.86. The van der Waals surface area contributed by atoms with Gasteiger partial charge in [-0.15, -0.1) is 0 Å². The minimum absolute atomic E-state index is 0.0326. The molecule has 1 amide bonds. The topological polar surface area (TPSA) is 73.8 Å². The summed E-state index contributed by atoms with van der Waals surface area (Å²) in [6.45, 7) is 6.78. The zero-order chi connectivity index (χ0) is 20.7. The molecule has 6 nitrogen and oxygen atoms in total. The Hall–Kier alpha value is -2.57. The number of fused-ring (bicyclic) bond motifs is 1. The van der Waals surface area contributed by atoms with Gasteiger partial charge in [-0.05, 0) is 55.2 Å². The van der Waals surface area contributed by atoms with Gasteiger partial charge in [-0.2, -0.15) is 0 Å². The number of methoxy groups -OCH3 is 1. The van der Waals surface area contributed by atoms with Gasteiger partial charge < -0.3 is 14.7 Å². The molecule has 0 aromatic heterocycles. The van der Waals surface area contributed by atoms with Crippen LogP contribution in [0, 0.1) is 19.8 Å². The predicted octanol–water partition coefficient (Wildman–Crippen LogP) is 3.14. The third-order valence-corrected chi connectivity index (χ3v) is 6.16. The minimum atomic E-state index is -0.321. The van der Waals surface area contributed by atoms with Crippen LogP contribution in [-0.4, -0.2) is 35.6 Å². The van der Waals surface area contributed by atoms with E-state index in [2.05, 4.69) is 23.8 Å². The van der Waals surface area contributed by atoms with Crippen molar-refractivity contribution in [3.05, 3.63) is 58.7 Å². The lowest BCUT2D eigenvalue weighted by atomic mass is 9.81. The number of ether oxygens (including phenoxy) is 1. The molecule has 4 rings (SSSR count). The summed E-state index contributed by atoms with van der Waals surface area (Å²) in [5.74, 6) is 1.15. The summed E-state index contributed by atoms with van der Waals surface area (Å²) in [6, 6.07) is 11.3. The van der Waals surface area contributed by atoms with Crippen LogP contribution < -0.4 is 15.6 Å². The second kappa shape index (κ2) is 7.69. The third kappa shape index (κ3) is 3.26. The van der Waals surface area contributed by atoms with Crippen LogP contribution in [-0.2, 0) is 4.79 Å². The van der Waals surface area contributed by atoms with E-state index in [4.69, 9.17) is 4.74 Å². The number of hydrogen-bond donors (Lipinski definition) is 3. The molecule has 0 spiro atoms. The molecule has 4 unspecified atom stereocenters. The number of carbonyl (C=O) groups is 1. The average Bonchev–Trinajstić information content (AvgIpc) is 3.22. The summed E-state index contributed by atoms with van der Waals surface area (Å²) in [4.78, 5) is 15.2. The third-order valence-electron chi connectivity index (χ3n) is 6.16. The maximum atomic E-state index is 13.2. The lowest BCUT2D eigenvalue weighted by Crippen LogP contribution is -2.41. The Balaban J connectivity index is 1.79. The highest BCUT2D eigenvalue weighted by atomic mass is 16.5. The fourth-order valence-corrected chi connectivity index (χ4v) is 5.00. The van der Waals surface area contributed by atoms with Crippen LogP contribution in [0.5, 0.6) is 11.5 Å². The van der Waals surface area contributed by atoms with E-state index in [-0.39, 0.29) is 35.7 Å². The highest BCUT2D eigenvalue weighted by Crippen LogP contribution is 2.49. The second-order valence-electron chi connectivity index (χ2n) is 8.09. The first-order chi connectivity index (χ1) is 14.0. The summed E-state index contributed by atoms with van der Waals surface area (Å²) in [5, 5.41) is 10.7. The second-order valence-corrected chi connectivity index (χ2v) is 8.09. The van der Waals surface area contributed by atoms with Gasteiger partial charge >= 0.3 is 0 Å². The smallest absolute Gasteiger partial charge is 0.242 e. The van der Waals surface area contributed by atoms with Gasteiger partial charge in [0.2, 0.25) is 5.91 Å². The molecule has 0 aliphatic carbocycles. The fraction of sp³-hybridized carbons (Fsp3) is 0.435. The van der Waals surface area contributed by atoms with E-state index in [1.54, 1.807) is 13.2 Å². The number of rotatable bonds is 5. The van der Waals surface area contributed by atoms with Crippen molar-refractivity contribution in [1.82, 2.24) is 15.8 Å². The van der Waals surface area contributed by atoms with E-state index >= 15 is 0 Å². The van der Waals surface area contributed by atoms with Crippen LogP contribution >= 0.6 is 0 Å². The van der Waals surface area contributed by atoms with Gasteiger partial charge in [-0.25, -0.2) is 10.9 Å². The number of amides is 1. The molecule has 154 valence electrons. The Morgan fingerprint density at radius 1 is 1.10 bits per heavy atom. The van der Waals surface area contributed by atoms with Crippen molar-refractivity contribution in [3.63, 3.8) is 0 Å². The number of nitrogens with zero attached hydrogens (tertiary/aromatic N) is 1. The molecule has 0 radical (unpaired) electrons. The van der Waals surface area contributed by atoms with E-state index in [0.717, 1.165) is 34.4 Å². The number of likely N-dealkylation sites (tertiary alicyclic amines) is 1. The highest BCUT2D eigenvalue weighted by Gasteiger charge is 2.55. The molecule has 0 saturated carbocycles. The number of benzene rings is 2. The van der Waals surface area contributed by atoms with E-state index in [1.165, 1.54) is 0 Å². The number of phenolic OH excluding ortho intramolecular Hbond substituents is 1. The number of hydrogen-bond acceptors (Lipinski definition) is 5. The number of carbonyl (C=O) groups excluding carboxylic acids is 1. The molecule has 2 heterocycles. The number of aryl methyl sites for hydroxylation is 2. The fourth-order valence-electron chi connectivity index (χ4n) is 5.00. The maximum Gasteiger partial charge on any atom is 0.242 e. The Labute approximate surface area is 171 Å². The first kappa shape index (κ1) is 19.7. The van der Waals surface area contributed by atoms with Gasteiger partial charge in [0.05, 0.1) is 19.2 Å². The first-order valence-electron chi connectivity index (χ1n) is 10.2. The molecule has 2 aromatic rings. The lowest BCUT2D eigenvalue weighted by molar-refractivity contribution is -0.130. The van der Waals surface area contributed by atoms with Crippen LogP contribution in [0.15, 0.2) is 36.4 Å². The van der Waals surface area contributed by atoms with Crippen LogP contribution in [0.4, 0.5) is 0 Å². The van der Waals surface area contributed by atoms with Gasteiger partial charge in [-0.3, -0.25) is 4.79 Å². The zero-order valence-electron chi connectivity index (χ0n) is 17.4. The number of hydrazine groups is 1. The molecule has 2 aliphatic rings. The summed E-state index contributed by atoms with van der Waals surface area (Å²) in [6.07, 6.45) is 0.894. The van der Waals surface area contributed by atoms with E-state index in [1.807, 2.05) is 43.0 Å². The van der Waals surface area contributed by atoms with Crippen molar-refractivity contribution in [2.75, 3.05) is 13.7 Å². The molecule has 3 N–H and O–H groups in total. The molecular weight excluding hydrogens is 366 g/mol. The molecule has 29 heavy (non-hydrogen) atoms. The van der Waals surface area contributed by atoms with Crippen molar-refractivity contribution in [1.29, 1.82) is 0 Å². The van der Waals surface area contributed by atoms with Gasteiger partial charge in [0.15, 0.2) is 0 Å². The van der Waals surface area contributed by atoms with Crippen molar-refractivity contribution in [2.24, 2.45) is 5.92 Å². The van der Waals surface area contributed by atoms with Gasteiger partial charge in [0.1, 0.15) is 17.5 Å². The van der Waals surface area contributed by atoms with Crippen molar-refractivity contribution in [2.45, 2.75) is 45.3 Å². The van der Waals surface area contributed by atoms with Crippen LogP contribution in [0.3, 0.4) is 0 Å². The Kier molecular flexibility index (Phi) is 5.23. The van der Waals surface area contributed by atoms with Crippen LogP contribution in [0.1, 0.15) is 47.7 Å². The predicted molar refractivity (Wildman–Crippen MR) is 112 cm³/mol. The van der Waals surface area contributed by atoms with Crippen molar-refractivity contribution in [3.8, 4) is 11.5 Å². The summed E-state index contributed by atoms with van der Waals surface area (Å²) in [5.41, 5.74) is 10.5. The summed E-state index contributed by atoms with van der Waals surface area (Å²) in [7, 11) is 1.65. The number of nitrogens with one attached hydrogen (secondary N) is 2. The average molecular weight is 396 g/mol. The Morgan fingerprint density at radius 3 is 2.41 bits per heavy atom. The van der Waals surface area contributed by atoms with E-state index < -0.39 is 0 Å². The van der Waals surface area contributed by atoms with E-state index in [0.29, 0.717) is 6.54 Å². The molecular formula is C23H29N3O3. The molecule has 6 heteroatoms. The molecule has 2 saturated heterocycles. The van der Waals surface area contributed by atoms with Crippen molar-refractivity contribution >= 4 is 5.91 Å². The van der Waals surface area contributed by atoms with Gasteiger partial charge in [0.25, 0.3) is 0 Å².